The van der Waals surface area contributed by atoms with E-state index in [-0.39, 0.29) is 0 Å². The van der Waals surface area contributed by atoms with E-state index in [9.17, 15) is 0 Å². The number of hydrogen-bond donors (Lipinski definition) is 1. The van der Waals surface area contributed by atoms with Gasteiger partial charge in [-0.1, -0.05) is 6.42 Å². The van der Waals surface area contributed by atoms with Crippen LogP contribution in [0, 0.1) is 17.8 Å². The first-order valence-corrected chi connectivity index (χ1v) is 6.94. The summed E-state index contributed by atoms with van der Waals surface area (Å²) in [7, 11) is 4.21. The maximum Gasteiger partial charge on any atom is 0.108 e. The number of nitrogens with zero attached hydrogens (tertiary/aromatic N) is 2. The first-order chi connectivity index (χ1) is 8.31. The zero-order valence-electron chi connectivity index (χ0n) is 10.9. The Hall–Kier alpha value is -0.830. The number of rotatable bonds is 5. The summed E-state index contributed by atoms with van der Waals surface area (Å²) < 4.78 is 2.14. The first-order valence-electron chi connectivity index (χ1n) is 6.94. The molecule has 0 spiro atoms. The van der Waals surface area contributed by atoms with E-state index in [1.165, 1.54) is 31.5 Å². The molecule has 1 aromatic heterocycles. The lowest BCUT2D eigenvalue weighted by Crippen LogP contribution is -2.30. The van der Waals surface area contributed by atoms with E-state index in [2.05, 4.69) is 29.0 Å². The molecule has 2 fully saturated rings. The molecule has 0 aromatic carbocycles. The predicted octanol–water partition coefficient (Wildman–Crippen LogP) is 1.99. The molecule has 2 aliphatic carbocycles. The number of nitrogens with one attached hydrogen (secondary N) is 1. The molecule has 0 saturated heterocycles. The minimum absolute atomic E-state index is 0.710. The minimum Gasteiger partial charge on any atom is -0.338 e. The van der Waals surface area contributed by atoms with Crippen LogP contribution in [0.25, 0.3) is 0 Å². The van der Waals surface area contributed by atoms with Crippen LogP contribution in [0.4, 0.5) is 0 Å². The van der Waals surface area contributed by atoms with Gasteiger partial charge in [-0.25, -0.2) is 4.98 Å². The van der Waals surface area contributed by atoms with E-state index in [0.717, 1.165) is 24.2 Å². The number of hydrogen-bond acceptors (Lipinski definition) is 2. The number of aryl methyl sites for hydroxylation is 2. The topological polar surface area (TPSA) is 29.9 Å². The second-order valence-electron chi connectivity index (χ2n) is 5.72. The molecule has 0 radical (unpaired) electrons. The number of imidazole rings is 1. The van der Waals surface area contributed by atoms with Crippen LogP contribution in [0.5, 0.6) is 0 Å². The van der Waals surface area contributed by atoms with Crippen LogP contribution in [-0.2, 0) is 13.5 Å². The molecule has 3 atom stereocenters. The third-order valence-corrected chi connectivity index (χ3v) is 4.91. The largest absolute Gasteiger partial charge is 0.338 e. The Labute approximate surface area is 104 Å². The highest BCUT2D eigenvalue weighted by Gasteiger charge is 2.55. The molecule has 1 N–H and O–H groups in total. The fourth-order valence-electron chi connectivity index (χ4n) is 3.92. The van der Waals surface area contributed by atoms with Crippen molar-refractivity contribution in [3.05, 3.63) is 18.2 Å². The normalized spacial score (nSPS) is 32.5. The van der Waals surface area contributed by atoms with Crippen LogP contribution >= 0.6 is 0 Å². The molecule has 1 aromatic rings. The Morgan fingerprint density at radius 1 is 1.47 bits per heavy atom. The van der Waals surface area contributed by atoms with Gasteiger partial charge in [-0.3, -0.25) is 0 Å². The van der Waals surface area contributed by atoms with Gasteiger partial charge in [0.15, 0.2) is 0 Å². The van der Waals surface area contributed by atoms with Gasteiger partial charge in [-0.05, 0) is 44.1 Å². The summed E-state index contributed by atoms with van der Waals surface area (Å²) in [6, 6.07) is 0.710. The van der Waals surface area contributed by atoms with Crippen LogP contribution in [0.15, 0.2) is 12.4 Å². The summed E-state index contributed by atoms with van der Waals surface area (Å²) in [5.74, 6) is 4.28. The van der Waals surface area contributed by atoms with Crippen molar-refractivity contribution in [3.63, 3.8) is 0 Å². The van der Waals surface area contributed by atoms with Gasteiger partial charge in [0, 0.05) is 31.9 Å². The average molecular weight is 233 g/mol. The summed E-state index contributed by atoms with van der Waals surface area (Å²) in [5.41, 5.74) is 0. The van der Waals surface area contributed by atoms with E-state index in [1.807, 2.05) is 12.4 Å². The summed E-state index contributed by atoms with van der Waals surface area (Å²) >= 11 is 0. The Kier molecular flexibility index (Phi) is 2.95. The zero-order chi connectivity index (χ0) is 11.8. The van der Waals surface area contributed by atoms with Gasteiger partial charge in [-0.2, -0.15) is 0 Å². The predicted molar refractivity (Wildman–Crippen MR) is 68.7 cm³/mol. The van der Waals surface area contributed by atoms with Gasteiger partial charge < -0.3 is 9.88 Å². The van der Waals surface area contributed by atoms with Crippen molar-refractivity contribution >= 4 is 0 Å². The molecule has 2 aliphatic rings. The third-order valence-electron chi connectivity index (χ3n) is 4.91. The number of aromatic nitrogens is 2. The van der Waals surface area contributed by atoms with Crippen molar-refractivity contribution in [2.24, 2.45) is 24.8 Å². The summed E-state index contributed by atoms with van der Waals surface area (Å²) in [6.07, 6.45) is 10.7. The molecule has 0 amide bonds. The smallest absolute Gasteiger partial charge is 0.108 e. The van der Waals surface area contributed by atoms with Crippen molar-refractivity contribution in [1.29, 1.82) is 0 Å². The Balaban J connectivity index is 1.55. The summed E-state index contributed by atoms with van der Waals surface area (Å²) in [5, 5.41) is 3.54. The van der Waals surface area contributed by atoms with Crippen LogP contribution in [0.2, 0.25) is 0 Å². The average Bonchev–Trinajstić information content (AvgIpc) is 2.70. The minimum atomic E-state index is 0.710. The van der Waals surface area contributed by atoms with Crippen molar-refractivity contribution in [2.75, 3.05) is 7.05 Å². The Morgan fingerprint density at radius 3 is 2.82 bits per heavy atom. The fourth-order valence-corrected chi connectivity index (χ4v) is 3.92. The maximum atomic E-state index is 4.41. The standard InChI is InChI=1S/C14H23N3/c1-15-12(14-10-4-3-5-11(10)14)6-7-13-16-8-9-17(13)2/h8-12,14-15H,3-7H2,1-2H3. The lowest BCUT2D eigenvalue weighted by atomic mass is 10.00. The monoisotopic (exact) mass is 233 g/mol. The van der Waals surface area contributed by atoms with E-state index in [1.54, 1.807) is 0 Å². The third kappa shape index (κ3) is 2.01. The van der Waals surface area contributed by atoms with E-state index >= 15 is 0 Å². The second-order valence-corrected chi connectivity index (χ2v) is 5.72. The lowest BCUT2D eigenvalue weighted by Gasteiger charge is -2.18. The SMILES string of the molecule is CNC(CCc1nccn1C)C1C2CCCC21. The molecule has 0 aliphatic heterocycles. The van der Waals surface area contributed by atoms with Crippen LogP contribution in [0.1, 0.15) is 31.5 Å². The maximum absolute atomic E-state index is 4.41. The van der Waals surface area contributed by atoms with Crippen molar-refractivity contribution < 1.29 is 0 Å². The molecule has 3 heteroatoms. The van der Waals surface area contributed by atoms with Gasteiger partial charge >= 0.3 is 0 Å². The highest BCUT2D eigenvalue weighted by atomic mass is 15.0. The Bertz CT molecular complexity index is 375. The first kappa shape index (κ1) is 11.3. The quantitative estimate of drug-likeness (QED) is 0.843. The van der Waals surface area contributed by atoms with Gasteiger partial charge in [0.05, 0.1) is 0 Å². The summed E-state index contributed by atoms with van der Waals surface area (Å²) in [6.45, 7) is 0. The van der Waals surface area contributed by atoms with Gasteiger partial charge in [-0.15, -0.1) is 0 Å². The molecule has 3 unspecified atom stereocenters. The molecular formula is C14H23N3. The molecule has 3 rings (SSSR count). The molecular weight excluding hydrogens is 210 g/mol. The van der Waals surface area contributed by atoms with Crippen LogP contribution < -0.4 is 5.32 Å². The fraction of sp³-hybridized carbons (Fsp3) is 0.786. The number of fused-ring (bicyclic) bond motifs is 1. The van der Waals surface area contributed by atoms with Crippen LogP contribution in [0.3, 0.4) is 0 Å². The van der Waals surface area contributed by atoms with E-state index in [4.69, 9.17) is 0 Å². The highest BCUT2D eigenvalue weighted by molar-refractivity contribution is 5.06. The molecule has 17 heavy (non-hydrogen) atoms. The Morgan fingerprint density at radius 2 is 2.24 bits per heavy atom. The van der Waals surface area contributed by atoms with Crippen molar-refractivity contribution in [2.45, 2.75) is 38.1 Å². The van der Waals surface area contributed by atoms with Gasteiger partial charge in [0.2, 0.25) is 0 Å². The van der Waals surface area contributed by atoms with Crippen molar-refractivity contribution in [3.8, 4) is 0 Å². The zero-order valence-corrected chi connectivity index (χ0v) is 10.9. The molecule has 1 heterocycles. The molecule has 0 bridgehead atoms. The second kappa shape index (κ2) is 4.45. The highest BCUT2D eigenvalue weighted by Crippen LogP contribution is 2.59. The van der Waals surface area contributed by atoms with Crippen molar-refractivity contribution in [1.82, 2.24) is 14.9 Å². The molecule has 2 saturated carbocycles. The molecule has 3 nitrogen and oxygen atoms in total. The van der Waals surface area contributed by atoms with E-state index < -0.39 is 0 Å². The van der Waals surface area contributed by atoms with E-state index in [0.29, 0.717) is 6.04 Å². The summed E-state index contributed by atoms with van der Waals surface area (Å²) in [4.78, 5) is 4.41. The molecule has 94 valence electrons. The van der Waals surface area contributed by atoms with Gasteiger partial charge in [0.1, 0.15) is 5.82 Å². The lowest BCUT2D eigenvalue weighted by molar-refractivity contribution is 0.405. The van der Waals surface area contributed by atoms with Crippen LogP contribution in [-0.4, -0.2) is 22.6 Å². The van der Waals surface area contributed by atoms with Gasteiger partial charge in [0.25, 0.3) is 0 Å².